The van der Waals surface area contributed by atoms with Gasteiger partial charge in [0.15, 0.2) is 6.29 Å². The van der Waals surface area contributed by atoms with Crippen LogP contribution < -0.4 is 0 Å². The van der Waals surface area contributed by atoms with Gasteiger partial charge in [0.05, 0.1) is 18.8 Å². The number of ether oxygens (including phenoxy) is 2. The molecule has 130 valence electrons. The fraction of sp³-hybridized carbons (Fsp3) is 0.625. The Balaban J connectivity index is 1.97. The summed E-state index contributed by atoms with van der Waals surface area (Å²) in [5, 5.41) is 48.3. The molecule has 1 heterocycles. The van der Waals surface area contributed by atoms with Crippen molar-refractivity contribution in [2.45, 2.75) is 56.8 Å². The van der Waals surface area contributed by atoms with Crippen LogP contribution in [0.4, 0.5) is 0 Å². The molecule has 7 nitrogen and oxygen atoms in total. The molecule has 1 aromatic rings. The molecule has 23 heavy (non-hydrogen) atoms. The van der Waals surface area contributed by atoms with Crippen LogP contribution in [0.3, 0.4) is 0 Å². The number of benzene rings is 1. The van der Waals surface area contributed by atoms with Gasteiger partial charge < -0.3 is 35.0 Å². The SMILES string of the molecule is CC(C)(O)c1ccc(CO[C@@H]2O[C@H](CO)[C@@H](O)[C@H](O)[C@H]2O)cc1. The van der Waals surface area contributed by atoms with Crippen molar-refractivity contribution in [2.75, 3.05) is 6.61 Å². The molecule has 0 radical (unpaired) electrons. The molecule has 0 amide bonds. The van der Waals surface area contributed by atoms with Crippen LogP contribution in [0.25, 0.3) is 0 Å². The third kappa shape index (κ3) is 4.27. The lowest BCUT2D eigenvalue weighted by atomic mass is 9.97. The molecule has 1 saturated heterocycles. The predicted octanol–water partition coefficient (Wildman–Crippen LogP) is -0.770. The van der Waals surface area contributed by atoms with E-state index in [1.807, 2.05) is 0 Å². The largest absolute Gasteiger partial charge is 0.394 e. The molecule has 5 atom stereocenters. The first-order valence-corrected chi connectivity index (χ1v) is 7.48. The molecule has 1 aromatic carbocycles. The van der Waals surface area contributed by atoms with Crippen LogP contribution in [0.5, 0.6) is 0 Å². The lowest BCUT2D eigenvalue weighted by molar-refractivity contribution is -0.304. The summed E-state index contributed by atoms with van der Waals surface area (Å²) in [5.41, 5.74) is 0.612. The normalized spacial score (nSPS) is 32.0. The van der Waals surface area contributed by atoms with Crippen LogP contribution in [0, 0.1) is 0 Å². The van der Waals surface area contributed by atoms with Crippen LogP contribution in [0.1, 0.15) is 25.0 Å². The predicted molar refractivity (Wildman–Crippen MR) is 80.2 cm³/mol. The minimum absolute atomic E-state index is 0.106. The molecule has 7 heteroatoms. The Morgan fingerprint density at radius 1 is 1.04 bits per heavy atom. The van der Waals surface area contributed by atoms with Crippen molar-refractivity contribution in [1.82, 2.24) is 0 Å². The van der Waals surface area contributed by atoms with Gasteiger partial charge in [-0.3, -0.25) is 0 Å². The molecule has 5 N–H and O–H groups in total. The van der Waals surface area contributed by atoms with E-state index in [9.17, 15) is 20.4 Å². The second-order valence-corrected chi connectivity index (χ2v) is 6.26. The molecule has 0 aliphatic carbocycles. The van der Waals surface area contributed by atoms with Crippen LogP contribution in [0.15, 0.2) is 24.3 Å². The summed E-state index contributed by atoms with van der Waals surface area (Å²) in [5.74, 6) is 0. The van der Waals surface area contributed by atoms with Gasteiger partial charge in [0, 0.05) is 0 Å². The van der Waals surface area contributed by atoms with E-state index in [-0.39, 0.29) is 6.61 Å². The van der Waals surface area contributed by atoms with E-state index in [1.165, 1.54) is 0 Å². The Kier molecular flexibility index (Phi) is 5.74. The van der Waals surface area contributed by atoms with Gasteiger partial charge in [0.1, 0.15) is 24.4 Å². The van der Waals surface area contributed by atoms with Crippen LogP contribution in [-0.2, 0) is 21.7 Å². The molecular formula is C16H24O7. The third-order valence-electron chi connectivity index (χ3n) is 3.92. The quantitative estimate of drug-likeness (QED) is 0.481. The van der Waals surface area contributed by atoms with Crippen molar-refractivity contribution in [3.8, 4) is 0 Å². The average molecular weight is 328 g/mol. The first-order valence-electron chi connectivity index (χ1n) is 7.48. The van der Waals surface area contributed by atoms with Crippen molar-refractivity contribution in [3.63, 3.8) is 0 Å². The highest BCUT2D eigenvalue weighted by atomic mass is 16.7. The highest BCUT2D eigenvalue weighted by molar-refractivity contribution is 5.25. The molecule has 1 aliphatic heterocycles. The summed E-state index contributed by atoms with van der Waals surface area (Å²) in [7, 11) is 0. The maximum atomic E-state index is 9.90. The smallest absolute Gasteiger partial charge is 0.187 e. The molecule has 0 unspecified atom stereocenters. The minimum Gasteiger partial charge on any atom is -0.394 e. The number of aliphatic hydroxyl groups is 5. The van der Waals surface area contributed by atoms with Crippen molar-refractivity contribution in [2.24, 2.45) is 0 Å². The summed E-state index contributed by atoms with van der Waals surface area (Å²) >= 11 is 0. The third-order valence-corrected chi connectivity index (χ3v) is 3.92. The lowest BCUT2D eigenvalue weighted by Crippen LogP contribution is -2.59. The van der Waals surface area contributed by atoms with E-state index in [1.54, 1.807) is 38.1 Å². The first-order chi connectivity index (χ1) is 10.7. The van der Waals surface area contributed by atoms with Crippen LogP contribution >= 0.6 is 0 Å². The maximum absolute atomic E-state index is 9.90. The maximum Gasteiger partial charge on any atom is 0.187 e. The fourth-order valence-electron chi connectivity index (χ4n) is 2.39. The van der Waals surface area contributed by atoms with Crippen LogP contribution in [-0.4, -0.2) is 62.8 Å². The molecule has 0 bridgehead atoms. The molecule has 2 rings (SSSR count). The second-order valence-electron chi connectivity index (χ2n) is 6.26. The number of hydrogen-bond acceptors (Lipinski definition) is 7. The van der Waals surface area contributed by atoms with Gasteiger partial charge in [0.25, 0.3) is 0 Å². The minimum atomic E-state index is -1.46. The van der Waals surface area contributed by atoms with Crippen LogP contribution in [0.2, 0.25) is 0 Å². The number of aliphatic hydroxyl groups excluding tert-OH is 4. The van der Waals surface area contributed by atoms with E-state index < -0.39 is 42.9 Å². The van der Waals surface area contributed by atoms with Gasteiger partial charge in [-0.1, -0.05) is 24.3 Å². The van der Waals surface area contributed by atoms with E-state index in [0.717, 1.165) is 11.1 Å². The topological polar surface area (TPSA) is 120 Å². The van der Waals surface area contributed by atoms with Crippen molar-refractivity contribution >= 4 is 0 Å². The fourth-order valence-corrected chi connectivity index (χ4v) is 2.39. The van der Waals surface area contributed by atoms with E-state index in [4.69, 9.17) is 14.6 Å². The van der Waals surface area contributed by atoms with Gasteiger partial charge >= 0.3 is 0 Å². The van der Waals surface area contributed by atoms with Gasteiger partial charge in [-0.2, -0.15) is 0 Å². The van der Waals surface area contributed by atoms with Gasteiger partial charge in [-0.05, 0) is 25.0 Å². The molecule has 1 fully saturated rings. The van der Waals surface area contributed by atoms with Crippen molar-refractivity contribution in [3.05, 3.63) is 35.4 Å². The molecule has 0 aromatic heterocycles. The van der Waals surface area contributed by atoms with E-state index in [2.05, 4.69) is 0 Å². The second kappa shape index (κ2) is 7.23. The molecule has 1 aliphatic rings. The average Bonchev–Trinajstić information content (AvgIpc) is 2.51. The molecule has 0 spiro atoms. The summed E-state index contributed by atoms with van der Waals surface area (Å²) in [6.45, 7) is 2.98. The van der Waals surface area contributed by atoms with Gasteiger partial charge in [-0.15, -0.1) is 0 Å². The molecular weight excluding hydrogens is 304 g/mol. The monoisotopic (exact) mass is 328 g/mol. The molecule has 0 saturated carbocycles. The Bertz CT molecular complexity index is 494. The number of rotatable bonds is 5. The zero-order chi connectivity index (χ0) is 17.2. The Hall–Kier alpha value is -1.06. The summed E-state index contributed by atoms with van der Waals surface area (Å²) in [6.07, 6.45) is -6.41. The Labute approximate surface area is 134 Å². The zero-order valence-electron chi connectivity index (χ0n) is 13.2. The first kappa shape index (κ1) is 18.3. The Morgan fingerprint density at radius 2 is 1.65 bits per heavy atom. The van der Waals surface area contributed by atoms with Crippen molar-refractivity contribution in [1.29, 1.82) is 0 Å². The standard InChI is InChI=1S/C16H24O7/c1-16(2,21)10-5-3-9(4-6-10)8-22-15-14(20)13(19)12(18)11(7-17)23-15/h3-6,11-15,17-21H,7-8H2,1-2H3/t11-,12-,13+,14-,15-/m1/s1. The van der Waals surface area contributed by atoms with Crippen molar-refractivity contribution < 1.29 is 35.0 Å². The number of hydrogen-bond donors (Lipinski definition) is 5. The zero-order valence-corrected chi connectivity index (χ0v) is 13.2. The highest BCUT2D eigenvalue weighted by Crippen LogP contribution is 2.24. The summed E-state index contributed by atoms with van der Waals surface area (Å²) < 4.78 is 10.7. The summed E-state index contributed by atoms with van der Waals surface area (Å²) in [6, 6.07) is 7.09. The van der Waals surface area contributed by atoms with Gasteiger partial charge in [0.2, 0.25) is 0 Å². The van der Waals surface area contributed by atoms with E-state index in [0.29, 0.717) is 0 Å². The van der Waals surface area contributed by atoms with Gasteiger partial charge in [-0.25, -0.2) is 0 Å². The Morgan fingerprint density at radius 3 is 2.17 bits per heavy atom. The lowest BCUT2D eigenvalue weighted by Gasteiger charge is -2.39. The summed E-state index contributed by atoms with van der Waals surface area (Å²) in [4.78, 5) is 0. The highest BCUT2D eigenvalue weighted by Gasteiger charge is 2.43. The van der Waals surface area contributed by atoms with E-state index >= 15 is 0 Å².